The number of nitrogens with one attached hydrogen (secondary N) is 1. The second-order valence-electron chi connectivity index (χ2n) is 7.14. The molecule has 2 aromatic carbocycles. The smallest absolute Gasteiger partial charge is 0.282 e. The zero-order valence-electron chi connectivity index (χ0n) is 17.8. The number of hydrogen-bond acceptors (Lipinski definition) is 7. The maximum Gasteiger partial charge on any atom is 0.282 e. The molecule has 1 N–H and O–H groups in total. The van der Waals surface area contributed by atoms with Crippen molar-refractivity contribution in [2.75, 3.05) is 26.1 Å². The highest BCUT2D eigenvalue weighted by Gasteiger charge is 2.40. The Labute approximate surface area is 184 Å². The van der Waals surface area contributed by atoms with Gasteiger partial charge in [-0.15, -0.1) is 0 Å². The molecule has 1 aliphatic heterocycles. The summed E-state index contributed by atoms with van der Waals surface area (Å²) >= 11 is 0. The monoisotopic (exact) mass is 441 g/mol. The van der Waals surface area contributed by atoms with Crippen LogP contribution >= 0.6 is 0 Å². The molecule has 0 unspecified atom stereocenters. The molecule has 0 bridgehead atoms. The quantitative estimate of drug-likeness (QED) is 0.259. The van der Waals surface area contributed by atoms with Crippen LogP contribution in [0.1, 0.15) is 46.4 Å². The minimum atomic E-state index is -0.663. The normalized spacial score (nSPS) is 12.5. The minimum absolute atomic E-state index is 0.0517. The second kappa shape index (κ2) is 9.90. The summed E-state index contributed by atoms with van der Waals surface area (Å²) in [5.41, 5.74) is 0.0300. The molecule has 0 radical (unpaired) electrons. The minimum Gasteiger partial charge on any atom is -0.497 e. The van der Waals surface area contributed by atoms with Gasteiger partial charge < -0.3 is 14.8 Å². The molecular formula is C22H23N3O7. The molecule has 1 heterocycles. The van der Waals surface area contributed by atoms with Crippen LogP contribution in [0.4, 0.5) is 11.4 Å². The summed E-state index contributed by atoms with van der Waals surface area (Å²) in [5, 5.41) is 13.9. The topological polar surface area (TPSA) is 128 Å². The van der Waals surface area contributed by atoms with Gasteiger partial charge in [0, 0.05) is 25.1 Å². The molecule has 10 nitrogen and oxygen atoms in total. The molecule has 3 amide bonds. The third-order valence-electron chi connectivity index (χ3n) is 5.14. The van der Waals surface area contributed by atoms with Crippen molar-refractivity contribution in [1.29, 1.82) is 0 Å². The third-order valence-corrected chi connectivity index (χ3v) is 5.14. The van der Waals surface area contributed by atoms with Gasteiger partial charge in [0.25, 0.3) is 17.5 Å². The van der Waals surface area contributed by atoms with Crippen molar-refractivity contribution in [3.05, 3.63) is 57.6 Å². The molecule has 3 rings (SSSR count). The average Bonchev–Trinajstić information content (AvgIpc) is 3.03. The maximum absolute atomic E-state index is 12.5. The summed E-state index contributed by atoms with van der Waals surface area (Å²) in [6, 6.07) is 9.10. The van der Waals surface area contributed by atoms with Crippen LogP contribution in [0.5, 0.6) is 11.5 Å². The lowest BCUT2D eigenvalue weighted by Gasteiger charge is -2.13. The number of rotatable bonds is 10. The number of benzene rings is 2. The number of hydrogen-bond donors (Lipinski definition) is 1. The Bertz CT molecular complexity index is 1070. The van der Waals surface area contributed by atoms with Gasteiger partial charge in [0.05, 0.1) is 30.4 Å². The van der Waals surface area contributed by atoms with Crippen molar-refractivity contribution in [2.24, 2.45) is 0 Å². The fourth-order valence-electron chi connectivity index (χ4n) is 3.53. The number of nitro benzene ring substituents is 1. The molecule has 0 saturated heterocycles. The van der Waals surface area contributed by atoms with Crippen molar-refractivity contribution in [3.8, 4) is 11.5 Å². The Morgan fingerprint density at radius 1 is 1.06 bits per heavy atom. The van der Waals surface area contributed by atoms with Gasteiger partial charge in [-0.05, 0) is 31.0 Å². The lowest BCUT2D eigenvalue weighted by Crippen LogP contribution is -2.30. The van der Waals surface area contributed by atoms with Crippen molar-refractivity contribution >= 4 is 29.1 Å². The highest BCUT2D eigenvalue weighted by molar-refractivity contribution is 6.23. The third kappa shape index (κ3) is 4.69. The van der Waals surface area contributed by atoms with Crippen LogP contribution in [-0.4, -0.2) is 48.3 Å². The summed E-state index contributed by atoms with van der Waals surface area (Å²) in [7, 11) is 3.03. The van der Waals surface area contributed by atoms with Crippen molar-refractivity contribution in [3.63, 3.8) is 0 Å². The Morgan fingerprint density at radius 3 is 2.53 bits per heavy atom. The molecule has 0 atom stereocenters. The summed E-state index contributed by atoms with van der Waals surface area (Å²) in [6.45, 7) is 0.134. The van der Waals surface area contributed by atoms with E-state index in [4.69, 9.17) is 9.47 Å². The number of carbonyl (C=O) groups excluding carboxylic acids is 3. The zero-order chi connectivity index (χ0) is 23.3. The van der Waals surface area contributed by atoms with Crippen molar-refractivity contribution < 1.29 is 28.8 Å². The van der Waals surface area contributed by atoms with Crippen LogP contribution in [0.3, 0.4) is 0 Å². The van der Waals surface area contributed by atoms with E-state index >= 15 is 0 Å². The van der Waals surface area contributed by atoms with Gasteiger partial charge in [0.2, 0.25) is 5.91 Å². The van der Waals surface area contributed by atoms with E-state index in [1.54, 1.807) is 18.2 Å². The zero-order valence-corrected chi connectivity index (χ0v) is 17.8. The number of methoxy groups -OCH3 is 2. The van der Waals surface area contributed by atoms with Gasteiger partial charge in [-0.1, -0.05) is 12.5 Å². The molecule has 10 heteroatoms. The van der Waals surface area contributed by atoms with Gasteiger partial charge in [0.15, 0.2) is 0 Å². The summed E-state index contributed by atoms with van der Waals surface area (Å²) in [4.78, 5) is 48.8. The van der Waals surface area contributed by atoms with E-state index < -0.39 is 16.7 Å². The molecule has 0 fully saturated rings. The predicted octanol–water partition coefficient (Wildman–Crippen LogP) is 3.41. The van der Waals surface area contributed by atoms with Crippen LogP contribution in [0.25, 0.3) is 0 Å². The van der Waals surface area contributed by atoms with Gasteiger partial charge >= 0.3 is 0 Å². The van der Waals surface area contributed by atoms with Crippen LogP contribution in [0, 0.1) is 10.1 Å². The molecule has 32 heavy (non-hydrogen) atoms. The van der Waals surface area contributed by atoms with Gasteiger partial charge in [-0.3, -0.25) is 29.4 Å². The molecule has 168 valence electrons. The number of ether oxygens (including phenoxy) is 2. The number of nitro groups is 1. The van der Waals surface area contributed by atoms with E-state index in [0.717, 1.165) is 4.90 Å². The first kappa shape index (κ1) is 22.7. The standard InChI is InChI=1S/C22H23N3O7/c1-31-14-10-11-18(32-2)16(13-14)23-19(26)9-4-3-5-12-24-21(27)15-7-6-8-17(25(29)30)20(15)22(24)28/h6-8,10-11,13H,3-5,9,12H2,1-2H3,(H,23,26). The Balaban J connectivity index is 1.49. The maximum atomic E-state index is 12.5. The number of anilines is 1. The molecule has 0 aromatic heterocycles. The summed E-state index contributed by atoms with van der Waals surface area (Å²) in [5.74, 6) is -0.286. The molecule has 1 aliphatic rings. The first-order valence-corrected chi connectivity index (χ1v) is 10.0. The van der Waals surface area contributed by atoms with Crippen molar-refractivity contribution in [1.82, 2.24) is 4.90 Å². The molecule has 0 saturated carbocycles. The lowest BCUT2D eigenvalue weighted by atomic mass is 10.1. The summed E-state index contributed by atoms with van der Waals surface area (Å²) < 4.78 is 10.4. The van der Waals surface area contributed by atoms with Gasteiger partial charge in [-0.2, -0.15) is 0 Å². The number of carbonyl (C=O) groups is 3. The van der Waals surface area contributed by atoms with Crippen LogP contribution < -0.4 is 14.8 Å². The average molecular weight is 441 g/mol. The highest BCUT2D eigenvalue weighted by Crippen LogP contribution is 2.31. The fraction of sp³-hybridized carbons (Fsp3) is 0.318. The Morgan fingerprint density at radius 2 is 1.84 bits per heavy atom. The first-order valence-electron chi connectivity index (χ1n) is 10.0. The molecule has 0 spiro atoms. The van der Waals surface area contributed by atoms with Crippen LogP contribution in [-0.2, 0) is 4.79 Å². The van der Waals surface area contributed by atoms with Crippen molar-refractivity contribution in [2.45, 2.75) is 25.7 Å². The predicted molar refractivity (Wildman–Crippen MR) is 115 cm³/mol. The van der Waals surface area contributed by atoms with Crippen LogP contribution in [0.15, 0.2) is 36.4 Å². The number of fused-ring (bicyclic) bond motifs is 1. The number of imide groups is 1. The van der Waals surface area contributed by atoms with E-state index in [1.165, 1.54) is 32.4 Å². The number of unbranched alkanes of at least 4 members (excludes halogenated alkanes) is 2. The van der Waals surface area contributed by atoms with E-state index in [2.05, 4.69) is 5.32 Å². The molecule has 2 aromatic rings. The number of amides is 3. The molecular weight excluding hydrogens is 418 g/mol. The van der Waals surface area contributed by atoms with E-state index in [0.29, 0.717) is 36.4 Å². The summed E-state index contributed by atoms with van der Waals surface area (Å²) in [6.07, 6.45) is 1.86. The fourth-order valence-corrected chi connectivity index (χ4v) is 3.53. The largest absolute Gasteiger partial charge is 0.497 e. The lowest BCUT2D eigenvalue weighted by molar-refractivity contribution is -0.385. The van der Waals surface area contributed by atoms with Crippen LogP contribution in [0.2, 0.25) is 0 Å². The molecule has 0 aliphatic carbocycles. The van der Waals surface area contributed by atoms with E-state index in [1.807, 2.05) is 0 Å². The Kier molecular flexibility index (Phi) is 7.04. The Hall–Kier alpha value is -3.95. The first-order chi connectivity index (χ1) is 15.4. The second-order valence-corrected chi connectivity index (χ2v) is 7.14. The van der Waals surface area contributed by atoms with E-state index in [-0.39, 0.29) is 35.7 Å². The van der Waals surface area contributed by atoms with Gasteiger partial charge in [-0.25, -0.2) is 0 Å². The van der Waals surface area contributed by atoms with E-state index in [9.17, 15) is 24.5 Å². The SMILES string of the molecule is COc1ccc(OC)c(NC(=O)CCCCCN2C(=O)c3cccc([N+](=O)[O-])c3C2=O)c1. The van der Waals surface area contributed by atoms with Gasteiger partial charge in [0.1, 0.15) is 17.1 Å². The highest BCUT2D eigenvalue weighted by atomic mass is 16.6. The number of nitrogens with zero attached hydrogens (tertiary/aromatic N) is 2.